The Morgan fingerprint density at radius 2 is 2.04 bits per heavy atom. The summed E-state index contributed by atoms with van der Waals surface area (Å²) in [5.74, 6) is 0.000130. The average molecular weight is 432 g/mol. The standard InChI is InChI=1S/C16H23ClN5O5P/c1-3-26-28(25,27-4-2)6-16-5-8(16)10(11(23)12(16)24)22-7-19-9-13(18)20-15(17)21-14(9)22/h7-8,10-12,23-24H,3-6H2,1-2H3,(H2,18,20,21)/t8-,10-,11+,12+,16?/m1/s1. The molecule has 4 rings (SSSR count). The second kappa shape index (κ2) is 6.90. The Bertz CT molecular complexity index is 947. The first-order valence-electron chi connectivity index (χ1n) is 9.16. The van der Waals surface area contributed by atoms with Gasteiger partial charge in [-0.15, -0.1) is 0 Å². The van der Waals surface area contributed by atoms with Gasteiger partial charge in [-0.05, 0) is 37.8 Å². The molecule has 28 heavy (non-hydrogen) atoms. The molecular formula is C16H23ClN5O5P. The predicted octanol–water partition coefficient (Wildman–Crippen LogP) is 1.61. The zero-order chi connectivity index (χ0) is 20.3. The summed E-state index contributed by atoms with van der Waals surface area (Å²) in [6, 6.07) is -0.512. The molecule has 0 amide bonds. The zero-order valence-corrected chi connectivity index (χ0v) is 17.2. The van der Waals surface area contributed by atoms with E-state index in [9.17, 15) is 14.8 Å². The van der Waals surface area contributed by atoms with Crippen molar-refractivity contribution in [2.24, 2.45) is 11.3 Å². The van der Waals surface area contributed by atoms with Crippen LogP contribution >= 0.6 is 19.2 Å². The molecule has 1 unspecified atom stereocenters. The summed E-state index contributed by atoms with van der Waals surface area (Å²) in [6.07, 6.45) is -0.0441. The molecule has 0 aliphatic heterocycles. The van der Waals surface area contributed by atoms with Crippen LogP contribution in [0.5, 0.6) is 0 Å². The lowest BCUT2D eigenvalue weighted by Gasteiger charge is -2.26. The first kappa shape index (κ1) is 20.0. The summed E-state index contributed by atoms with van der Waals surface area (Å²) in [5.41, 5.74) is 5.87. The maximum absolute atomic E-state index is 13.0. The number of fused-ring (bicyclic) bond motifs is 2. The molecule has 2 fully saturated rings. The molecule has 2 heterocycles. The van der Waals surface area contributed by atoms with Crippen LogP contribution in [-0.2, 0) is 13.6 Å². The van der Waals surface area contributed by atoms with Gasteiger partial charge in [0.2, 0.25) is 5.28 Å². The summed E-state index contributed by atoms with van der Waals surface area (Å²) < 4.78 is 25.5. The number of hydrogen-bond acceptors (Lipinski definition) is 9. The highest BCUT2D eigenvalue weighted by atomic mass is 35.5. The van der Waals surface area contributed by atoms with Crippen molar-refractivity contribution in [2.45, 2.75) is 38.5 Å². The molecule has 0 radical (unpaired) electrons. The highest BCUT2D eigenvalue weighted by Gasteiger charge is 2.73. The Hall–Kier alpha value is -1.29. The van der Waals surface area contributed by atoms with Gasteiger partial charge in [0.1, 0.15) is 11.6 Å². The van der Waals surface area contributed by atoms with Gasteiger partial charge in [0.25, 0.3) is 0 Å². The Morgan fingerprint density at radius 3 is 2.68 bits per heavy atom. The van der Waals surface area contributed by atoms with Crippen LogP contribution in [0.1, 0.15) is 26.3 Å². The smallest absolute Gasteiger partial charge is 0.331 e. The number of halogens is 1. The van der Waals surface area contributed by atoms with E-state index in [1.165, 1.54) is 6.33 Å². The minimum atomic E-state index is -3.39. The summed E-state index contributed by atoms with van der Waals surface area (Å²) in [6.45, 7) is 3.95. The Morgan fingerprint density at radius 1 is 1.36 bits per heavy atom. The lowest BCUT2D eigenvalue weighted by atomic mass is 10.0. The van der Waals surface area contributed by atoms with Crippen LogP contribution in [-0.4, -0.2) is 61.3 Å². The van der Waals surface area contributed by atoms with E-state index in [0.29, 0.717) is 17.6 Å². The van der Waals surface area contributed by atoms with Crippen molar-refractivity contribution in [3.05, 3.63) is 11.6 Å². The second-order valence-corrected chi connectivity index (χ2v) is 9.67. The van der Waals surface area contributed by atoms with Gasteiger partial charge in [-0.25, -0.2) is 4.98 Å². The van der Waals surface area contributed by atoms with Crippen LogP contribution in [0.2, 0.25) is 5.28 Å². The number of aliphatic hydroxyl groups is 2. The van der Waals surface area contributed by atoms with E-state index in [2.05, 4.69) is 15.0 Å². The predicted molar refractivity (Wildman–Crippen MR) is 102 cm³/mol. The summed E-state index contributed by atoms with van der Waals surface area (Å²) in [4.78, 5) is 12.3. The molecule has 2 saturated carbocycles. The van der Waals surface area contributed by atoms with Gasteiger partial charge in [0.15, 0.2) is 11.5 Å². The van der Waals surface area contributed by atoms with E-state index in [0.717, 1.165) is 0 Å². The lowest BCUT2D eigenvalue weighted by Crippen LogP contribution is -2.35. The van der Waals surface area contributed by atoms with Crippen LogP contribution in [0.25, 0.3) is 11.2 Å². The van der Waals surface area contributed by atoms with Crippen molar-refractivity contribution in [1.82, 2.24) is 19.5 Å². The molecule has 2 aliphatic carbocycles. The van der Waals surface area contributed by atoms with E-state index in [1.54, 1.807) is 18.4 Å². The first-order chi connectivity index (χ1) is 13.3. The molecule has 154 valence electrons. The van der Waals surface area contributed by atoms with Crippen molar-refractivity contribution < 1.29 is 23.8 Å². The van der Waals surface area contributed by atoms with Crippen LogP contribution in [0.15, 0.2) is 6.33 Å². The first-order valence-corrected chi connectivity index (χ1v) is 11.3. The molecule has 2 aromatic rings. The molecule has 2 aromatic heterocycles. The van der Waals surface area contributed by atoms with E-state index in [-0.39, 0.29) is 36.4 Å². The van der Waals surface area contributed by atoms with Crippen LogP contribution in [0, 0.1) is 11.3 Å². The Labute approximate surface area is 166 Å². The third-order valence-corrected chi connectivity index (χ3v) is 8.18. The minimum Gasteiger partial charge on any atom is -0.390 e. The largest absolute Gasteiger partial charge is 0.390 e. The average Bonchev–Trinajstić information content (AvgIpc) is 3.08. The summed E-state index contributed by atoms with van der Waals surface area (Å²) >= 11 is 5.93. The molecule has 2 aliphatic rings. The van der Waals surface area contributed by atoms with Crippen LogP contribution in [0.3, 0.4) is 0 Å². The molecule has 5 atom stereocenters. The van der Waals surface area contributed by atoms with Crippen molar-refractivity contribution >= 4 is 36.2 Å². The number of aromatic nitrogens is 4. The molecule has 4 N–H and O–H groups in total. The quantitative estimate of drug-likeness (QED) is 0.439. The third-order valence-electron chi connectivity index (χ3n) is 5.73. The number of nitrogen functional groups attached to an aromatic ring is 1. The second-order valence-electron chi connectivity index (χ2n) is 7.28. The SMILES string of the molecule is CCOP(=O)(CC12C[C@@H]1[C@@H](n1cnc3c(N)nc(Cl)nc31)[C@H](O)[C@@H]2O)OCC. The molecule has 0 saturated heterocycles. The topological polar surface area (TPSA) is 146 Å². The van der Waals surface area contributed by atoms with E-state index in [4.69, 9.17) is 26.4 Å². The monoisotopic (exact) mass is 431 g/mol. The summed E-state index contributed by atoms with van der Waals surface area (Å²) in [5, 5.41) is 21.6. The van der Waals surface area contributed by atoms with Gasteiger partial charge < -0.3 is 29.6 Å². The third kappa shape index (κ3) is 2.94. The molecule has 0 aromatic carbocycles. The fourth-order valence-corrected chi connectivity index (χ4v) is 7.05. The number of nitrogens with zero attached hydrogens (tertiary/aromatic N) is 4. The van der Waals surface area contributed by atoms with Crippen LogP contribution < -0.4 is 5.73 Å². The van der Waals surface area contributed by atoms with Gasteiger partial charge >= 0.3 is 7.60 Å². The zero-order valence-electron chi connectivity index (χ0n) is 15.5. The molecule has 12 heteroatoms. The minimum absolute atomic E-state index is 0.0287. The fraction of sp³-hybridized carbons (Fsp3) is 0.688. The van der Waals surface area contributed by atoms with Gasteiger partial charge in [0.05, 0.1) is 37.8 Å². The van der Waals surface area contributed by atoms with E-state index >= 15 is 0 Å². The molecule has 10 nitrogen and oxygen atoms in total. The van der Waals surface area contributed by atoms with Crippen molar-refractivity contribution in [2.75, 3.05) is 25.1 Å². The van der Waals surface area contributed by atoms with E-state index in [1.807, 2.05) is 0 Å². The number of nitrogens with two attached hydrogens (primary N) is 1. The van der Waals surface area contributed by atoms with Crippen molar-refractivity contribution in [1.29, 1.82) is 0 Å². The normalized spacial score (nSPS) is 32.0. The molecular weight excluding hydrogens is 409 g/mol. The van der Waals surface area contributed by atoms with Gasteiger partial charge in [0, 0.05) is 5.41 Å². The van der Waals surface area contributed by atoms with Crippen LogP contribution in [0.4, 0.5) is 5.82 Å². The molecule has 0 spiro atoms. The Balaban J connectivity index is 1.69. The van der Waals surface area contributed by atoms with E-state index < -0.39 is 31.3 Å². The number of anilines is 1. The number of rotatable bonds is 7. The highest BCUT2D eigenvalue weighted by Crippen LogP contribution is 2.73. The van der Waals surface area contributed by atoms with Crippen molar-refractivity contribution in [3.63, 3.8) is 0 Å². The number of imidazole rings is 1. The number of hydrogen-bond donors (Lipinski definition) is 3. The maximum Gasteiger partial charge on any atom is 0.331 e. The molecule has 0 bridgehead atoms. The maximum atomic E-state index is 13.0. The van der Waals surface area contributed by atoms with Gasteiger partial charge in [-0.2, -0.15) is 9.97 Å². The summed E-state index contributed by atoms with van der Waals surface area (Å²) in [7, 11) is -3.39. The number of aliphatic hydroxyl groups excluding tert-OH is 2. The van der Waals surface area contributed by atoms with Gasteiger partial charge in [-0.1, -0.05) is 0 Å². The van der Waals surface area contributed by atoms with Crippen molar-refractivity contribution in [3.8, 4) is 0 Å². The Kier molecular flexibility index (Phi) is 4.93. The lowest BCUT2D eigenvalue weighted by molar-refractivity contribution is -0.0141. The van der Waals surface area contributed by atoms with Gasteiger partial charge in [-0.3, -0.25) is 4.57 Å². The highest BCUT2D eigenvalue weighted by molar-refractivity contribution is 7.53. The fourth-order valence-electron chi connectivity index (χ4n) is 4.56.